The lowest BCUT2D eigenvalue weighted by atomic mass is 10.3. The highest BCUT2D eigenvalue weighted by Crippen LogP contribution is 2.27. The molecule has 0 radical (unpaired) electrons. The first-order chi connectivity index (χ1) is 8.72. The summed E-state index contributed by atoms with van der Waals surface area (Å²) in [6.45, 7) is 2.87. The molecule has 2 nitrogen and oxygen atoms in total. The summed E-state index contributed by atoms with van der Waals surface area (Å²) >= 11 is 3.28. The minimum atomic E-state index is -0.242. The van der Waals surface area contributed by atoms with E-state index >= 15 is 0 Å². The second-order valence-corrected chi connectivity index (χ2v) is 6.04. The molecule has 0 amide bonds. The van der Waals surface area contributed by atoms with Gasteiger partial charge in [-0.3, -0.25) is 0 Å². The van der Waals surface area contributed by atoms with Crippen LogP contribution in [-0.4, -0.2) is 4.98 Å². The number of hydrogen-bond acceptors (Lipinski definition) is 4. The van der Waals surface area contributed by atoms with Crippen molar-refractivity contribution in [3.63, 3.8) is 0 Å². The molecule has 0 atom stereocenters. The fraction of sp³-hybridized carbons (Fsp3) is 0.154. The molecule has 0 aliphatic heterocycles. The Hall–Kier alpha value is -1.46. The van der Waals surface area contributed by atoms with E-state index in [1.165, 1.54) is 22.6 Å². The van der Waals surface area contributed by atoms with Gasteiger partial charge < -0.3 is 5.32 Å². The maximum absolute atomic E-state index is 13.1. The maximum atomic E-state index is 13.1. The minimum Gasteiger partial charge on any atom is -0.357 e. The third-order valence-electron chi connectivity index (χ3n) is 2.72. The van der Waals surface area contributed by atoms with E-state index in [9.17, 15) is 4.39 Å². The first-order valence-corrected chi connectivity index (χ1v) is 7.25. The number of aromatic nitrogens is 1. The number of thiophene rings is 1. The number of aryl methyl sites for hydroxylation is 1. The standard InChI is InChI=1S/C13H11FN2S2/c1-8-4-5-17-12(8)7-15-13-16-10-6-9(14)2-3-11(10)18-13/h2-6H,7H2,1H3,(H,15,16). The van der Waals surface area contributed by atoms with Gasteiger partial charge in [-0.05, 0) is 36.1 Å². The van der Waals surface area contributed by atoms with Gasteiger partial charge in [0, 0.05) is 10.9 Å². The number of hydrogen-bond donors (Lipinski definition) is 1. The fourth-order valence-corrected chi connectivity index (χ4v) is 3.41. The van der Waals surface area contributed by atoms with E-state index < -0.39 is 0 Å². The summed E-state index contributed by atoms with van der Waals surface area (Å²) in [6.07, 6.45) is 0. The molecule has 92 valence electrons. The van der Waals surface area contributed by atoms with Crippen LogP contribution in [0.2, 0.25) is 0 Å². The van der Waals surface area contributed by atoms with Crippen LogP contribution in [0.4, 0.5) is 9.52 Å². The second kappa shape index (κ2) is 4.66. The van der Waals surface area contributed by atoms with Crippen molar-refractivity contribution in [2.75, 3.05) is 5.32 Å². The van der Waals surface area contributed by atoms with Crippen LogP contribution in [-0.2, 0) is 6.54 Å². The average Bonchev–Trinajstić information content (AvgIpc) is 2.92. The van der Waals surface area contributed by atoms with Crippen LogP contribution >= 0.6 is 22.7 Å². The Labute approximate surface area is 112 Å². The first kappa shape index (κ1) is 11.6. The zero-order valence-electron chi connectivity index (χ0n) is 9.74. The molecule has 0 aliphatic rings. The smallest absolute Gasteiger partial charge is 0.184 e. The number of fused-ring (bicyclic) bond motifs is 1. The number of anilines is 1. The Bertz CT molecular complexity index is 687. The topological polar surface area (TPSA) is 24.9 Å². The second-order valence-electron chi connectivity index (χ2n) is 4.01. The van der Waals surface area contributed by atoms with E-state index in [4.69, 9.17) is 0 Å². The number of benzene rings is 1. The highest BCUT2D eigenvalue weighted by molar-refractivity contribution is 7.22. The summed E-state index contributed by atoms with van der Waals surface area (Å²) < 4.78 is 14.1. The van der Waals surface area contributed by atoms with E-state index in [1.807, 2.05) is 0 Å². The van der Waals surface area contributed by atoms with E-state index in [0.29, 0.717) is 5.52 Å². The van der Waals surface area contributed by atoms with Crippen molar-refractivity contribution < 1.29 is 4.39 Å². The minimum absolute atomic E-state index is 0.242. The Morgan fingerprint density at radius 3 is 3.00 bits per heavy atom. The lowest BCUT2D eigenvalue weighted by molar-refractivity contribution is 0.629. The molecule has 2 heterocycles. The van der Waals surface area contributed by atoms with Crippen LogP contribution in [0.15, 0.2) is 29.6 Å². The summed E-state index contributed by atoms with van der Waals surface area (Å²) in [4.78, 5) is 5.68. The quantitative estimate of drug-likeness (QED) is 0.767. The molecule has 0 saturated carbocycles. The van der Waals surface area contributed by atoms with Crippen molar-refractivity contribution in [3.05, 3.63) is 45.9 Å². The zero-order chi connectivity index (χ0) is 12.5. The molecule has 0 saturated heterocycles. The molecule has 3 aromatic rings. The van der Waals surface area contributed by atoms with Crippen molar-refractivity contribution in [1.29, 1.82) is 0 Å². The fourth-order valence-electron chi connectivity index (χ4n) is 1.72. The third-order valence-corrected chi connectivity index (χ3v) is 4.74. The Morgan fingerprint density at radius 2 is 2.22 bits per heavy atom. The number of thiazole rings is 1. The van der Waals surface area contributed by atoms with Crippen LogP contribution in [0.1, 0.15) is 10.4 Å². The van der Waals surface area contributed by atoms with Crippen LogP contribution in [0.25, 0.3) is 10.2 Å². The van der Waals surface area contributed by atoms with E-state index in [1.54, 1.807) is 28.7 Å². The van der Waals surface area contributed by atoms with Crippen LogP contribution in [0.5, 0.6) is 0 Å². The molecule has 0 aliphatic carbocycles. The molecular formula is C13H11FN2S2. The number of nitrogens with zero attached hydrogens (tertiary/aromatic N) is 1. The van der Waals surface area contributed by atoms with Crippen molar-refractivity contribution in [1.82, 2.24) is 4.98 Å². The molecule has 0 bridgehead atoms. The average molecular weight is 278 g/mol. The predicted octanol–water partition coefficient (Wildman–Crippen LogP) is 4.42. The molecule has 3 rings (SSSR count). The monoisotopic (exact) mass is 278 g/mol. The van der Waals surface area contributed by atoms with Gasteiger partial charge in [0.2, 0.25) is 0 Å². The van der Waals surface area contributed by atoms with Gasteiger partial charge in [0.1, 0.15) is 5.82 Å². The van der Waals surface area contributed by atoms with E-state index in [2.05, 4.69) is 28.7 Å². The van der Waals surface area contributed by atoms with Crippen LogP contribution in [0.3, 0.4) is 0 Å². The van der Waals surface area contributed by atoms with Gasteiger partial charge in [-0.1, -0.05) is 11.3 Å². The molecule has 0 fully saturated rings. The van der Waals surface area contributed by atoms with Gasteiger partial charge in [0.25, 0.3) is 0 Å². The maximum Gasteiger partial charge on any atom is 0.184 e. The van der Waals surface area contributed by atoms with Gasteiger partial charge in [-0.15, -0.1) is 11.3 Å². The lowest BCUT2D eigenvalue weighted by Crippen LogP contribution is -1.97. The summed E-state index contributed by atoms with van der Waals surface area (Å²) in [7, 11) is 0. The molecule has 5 heteroatoms. The first-order valence-electron chi connectivity index (χ1n) is 5.55. The summed E-state index contributed by atoms with van der Waals surface area (Å²) in [5, 5.41) is 6.21. The largest absolute Gasteiger partial charge is 0.357 e. The molecule has 18 heavy (non-hydrogen) atoms. The van der Waals surface area contributed by atoms with Crippen LogP contribution in [0, 0.1) is 12.7 Å². The highest BCUT2D eigenvalue weighted by atomic mass is 32.1. The Morgan fingerprint density at radius 1 is 1.33 bits per heavy atom. The Balaban J connectivity index is 1.81. The number of nitrogens with one attached hydrogen (secondary N) is 1. The molecule has 0 spiro atoms. The molecule has 1 N–H and O–H groups in total. The summed E-state index contributed by atoms with van der Waals surface area (Å²) in [6, 6.07) is 6.81. The normalized spacial score (nSPS) is 11.0. The number of halogens is 1. The summed E-state index contributed by atoms with van der Waals surface area (Å²) in [5.74, 6) is -0.242. The van der Waals surface area contributed by atoms with Gasteiger partial charge in [0.05, 0.1) is 16.8 Å². The SMILES string of the molecule is Cc1ccsc1CNc1nc2cc(F)ccc2s1. The third kappa shape index (κ3) is 2.23. The van der Waals surface area contributed by atoms with Crippen molar-refractivity contribution in [3.8, 4) is 0 Å². The predicted molar refractivity (Wildman–Crippen MR) is 76.0 cm³/mol. The molecular weight excluding hydrogens is 267 g/mol. The van der Waals surface area contributed by atoms with E-state index in [-0.39, 0.29) is 5.82 Å². The van der Waals surface area contributed by atoms with Gasteiger partial charge in [-0.25, -0.2) is 9.37 Å². The van der Waals surface area contributed by atoms with E-state index in [0.717, 1.165) is 16.4 Å². The zero-order valence-corrected chi connectivity index (χ0v) is 11.4. The Kier molecular flexibility index (Phi) is 3.01. The van der Waals surface area contributed by atoms with Crippen LogP contribution < -0.4 is 5.32 Å². The van der Waals surface area contributed by atoms with Crippen molar-refractivity contribution >= 4 is 38.0 Å². The van der Waals surface area contributed by atoms with Crippen molar-refractivity contribution in [2.45, 2.75) is 13.5 Å². The molecule has 1 aromatic carbocycles. The highest BCUT2D eigenvalue weighted by Gasteiger charge is 2.05. The van der Waals surface area contributed by atoms with Gasteiger partial charge in [0.15, 0.2) is 5.13 Å². The molecule has 2 aromatic heterocycles. The lowest BCUT2D eigenvalue weighted by Gasteiger charge is -2.00. The van der Waals surface area contributed by atoms with Gasteiger partial charge in [-0.2, -0.15) is 0 Å². The molecule has 0 unspecified atom stereocenters. The van der Waals surface area contributed by atoms with Gasteiger partial charge >= 0.3 is 0 Å². The number of rotatable bonds is 3. The van der Waals surface area contributed by atoms with Crippen molar-refractivity contribution in [2.24, 2.45) is 0 Å². The summed E-state index contributed by atoms with van der Waals surface area (Å²) in [5.41, 5.74) is 2.00.